The van der Waals surface area contributed by atoms with Gasteiger partial charge in [-0.15, -0.1) is 0 Å². The fourth-order valence-electron chi connectivity index (χ4n) is 3.34. The Kier molecular flexibility index (Phi) is 5.34. The summed E-state index contributed by atoms with van der Waals surface area (Å²) in [7, 11) is 1.62. The van der Waals surface area contributed by atoms with Crippen LogP contribution in [0.1, 0.15) is 11.1 Å². The highest BCUT2D eigenvalue weighted by molar-refractivity contribution is 6.31. The Morgan fingerprint density at radius 3 is 2.52 bits per heavy atom. The topological polar surface area (TPSA) is 70.1 Å². The highest BCUT2D eigenvalue weighted by Crippen LogP contribution is 2.24. The van der Waals surface area contributed by atoms with Gasteiger partial charge in [-0.05, 0) is 53.6 Å². The third kappa shape index (κ3) is 3.88. The summed E-state index contributed by atoms with van der Waals surface area (Å²) in [5.74, 6) is 1.33. The smallest absolute Gasteiger partial charge is 0.262 e. The van der Waals surface area contributed by atoms with E-state index in [1.165, 1.54) is 0 Å². The molecule has 0 amide bonds. The van der Waals surface area contributed by atoms with Crippen molar-refractivity contribution in [3.05, 3.63) is 93.2 Å². The molecule has 4 aromatic rings. The van der Waals surface area contributed by atoms with E-state index in [0.29, 0.717) is 34.8 Å². The summed E-state index contributed by atoms with van der Waals surface area (Å²) in [6, 6.07) is 20.6. The first-order valence-electron chi connectivity index (χ1n) is 9.21. The maximum absolute atomic E-state index is 13.4. The Labute approximate surface area is 173 Å². The zero-order valence-corrected chi connectivity index (χ0v) is 16.7. The molecule has 0 spiro atoms. The number of hydrogen-bond acceptors (Lipinski definition) is 4. The van der Waals surface area contributed by atoms with E-state index in [0.717, 1.165) is 22.4 Å². The van der Waals surface area contributed by atoms with E-state index in [2.05, 4.69) is 0 Å². The van der Waals surface area contributed by atoms with Gasteiger partial charge in [0.25, 0.3) is 5.56 Å². The molecule has 4 rings (SSSR count). The zero-order valence-electron chi connectivity index (χ0n) is 15.9. The molecule has 5 nitrogen and oxygen atoms in total. The molecule has 0 unspecified atom stereocenters. The van der Waals surface area contributed by atoms with E-state index < -0.39 is 0 Å². The van der Waals surface area contributed by atoms with Crippen molar-refractivity contribution < 1.29 is 4.74 Å². The van der Waals surface area contributed by atoms with E-state index in [4.69, 9.17) is 27.1 Å². The van der Waals surface area contributed by atoms with Crippen LogP contribution in [-0.4, -0.2) is 16.7 Å². The van der Waals surface area contributed by atoms with E-state index in [-0.39, 0.29) is 5.56 Å². The van der Waals surface area contributed by atoms with Gasteiger partial charge in [-0.3, -0.25) is 9.36 Å². The fraction of sp³-hybridized carbons (Fsp3) is 0.130. The van der Waals surface area contributed by atoms with E-state index in [9.17, 15) is 4.79 Å². The van der Waals surface area contributed by atoms with Crippen molar-refractivity contribution in [1.29, 1.82) is 0 Å². The third-order valence-corrected chi connectivity index (χ3v) is 5.07. The molecule has 0 bridgehead atoms. The summed E-state index contributed by atoms with van der Waals surface area (Å²) in [6.45, 7) is 0.823. The quantitative estimate of drug-likeness (QED) is 0.539. The number of aromatic nitrogens is 2. The molecule has 0 saturated carbocycles. The standard InChI is InChI=1S/C23H20ClN3O2/c1-29-19-8-5-17(6-9-19)22-26-21-10-7-18(24)12-20(21)23(28)27(22)14-16-4-2-3-15(11-16)13-25/h2-12H,13-14,25H2,1H3. The number of hydrogen-bond donors (Lipinski definition) is 1. The molecule has 0 radical (unpaired) electrons. The number of ether oxygens (including phenoxy) is 1. The molecule has 1 heterocycles. The van der Waals surface area contributed by atoms with Crippen LogP contribution in [0.3, 0.4) is 0 Å². The second kappa shape index (κ2) is 8.07. The van der Waals surface area contributed by atoms with Gasteiger partial charge in [-0.2, -0.15) is 0 Å². The lowest BCUT2D eigenvalue weighted by atomic mass is 10.1. The van der Waals surface area contributed by atoms with Crippen LogP contribution in [0.15, 0.2) is 71.5 Å². The Bertz CT molecular complexity index is 1230. The maximum atomic E-state index is 13.4. The number of benzene rings is 3. The van der Waals surface area contributed by atoms with Gasteiger partial charge in [0.15, 0.2) is 0 Å². The van der Waals surface area contributed by atoms with Crippen LogP contribution in [0.4, 0.5) is 0 Å². The van der Waals surface area contributed by atoms with E-state index in [1.54, 1.807) is 29.9 Å². The molecule has 146 valence electrons. The second-order valence-corrected chi connectivity index (χ2v) is 7.18. The molecule has 0 fully saturated rings. The lowest BCUT2D eigenvalue weighted by Gasteiger charge is -2.15. The van der Waals surface area contributed by atoms with Crippen LogP contribution >= 0.6 is 11.6 Å². The molecule has 3 aromatic carbocycles. The predicted octanol–water partition coefficient (Wildman–Crippen LogP) is 4.23. The molecule has 2 N–H and O–H groups in total. The summed E-state index contributed by atoms with van der Waals surface area (Å²) < 4.78 is 6.92. The van der Waals surface area contributed by atoms with Crippen LogP contribution < -0.4 is 16.0 Å². The minimum Gasteiger partial charge on any atom is -0.497 e. The van der Waals surface area contributed by atoms with Gasteiger partial charge in [0, 0.05) is 17.1 Å². The van der Waals surface area contributed by atoms with Gasteiger partial charge in [0.1, 0.15) is 11.6 Å². The highest BCUT2D eigenvalue weighted by atomic mass is 35.5. The lowest BCUT2D eigenvalue weighted by Crippen LogP contribution is -2.24. The van der Waals surface area contributed by atoms with Gasteiger partial charge < -0.3 is 10.5 Å². The van der Waals surface area contributed by atoms with E-state index >= 15 is 0 Å². The van der Waals surface area contributed by atoms with Gasteiger partial charge in [0.2, 0.25) is 0 Å². The molecular formula is C23H20ClN3O2. The normalized spacial score (nSPS) is 11.0. The molecule has 0 aliphatic carbocycles. The summed E-state index contributed by atoms with van der Waals surface area (Å²) in [6.07, 6.45) is 0. The molecular weight excluding hydrogens is 386 g/mol. The number of nitrogens with two attached hydrogens (primary N) is 1. The van der Waals surface area contributed by atoms with Gasteiger partial charge >= 0.3 is 0 Å². The second-order valence-electron chi connectivity index (χ2n) is 6.74. The van der Waals surface area contributed by atoms with Crippen molar-refractivity contribution in [2.24, 2.45) is 5.73 Å². The van der Waals surface area contributed by atoms with E-state index in [1.807, 2.05) is 48.5 Å². The molecule has 0 aliphatic rings. The maximum Gasteiger partial charge on any atom is 0.262 e. The van der Waals surface area contributed by atoms with Crippen molar-refractivity contribution in [3.63, 3.8) is 0 Å². The Morgan fingerprint density at radius 1 is 1.03 bits per heavy atom. The third-order valence-electron chi connectivity index (χ3n) is 4.83. The molecule has 0 aliphatic heterocycles. The average molecular weight is 406 g/mol. The number of fused-ring (bicyclic) bond motifs is 1. The van der Waals surface area contributed by atoms with Crippen LogP contribution in [0, 0.1) is 0 Å². The first-order valence-corrected chi connectivity index (χ1v) is 9.59. The van der Waals surface area contributed by atoms with Crippen LogP contribution in [-0.2, 0) is 13.1 Å². The van der Waals surface area contributed by atoms with Gasteiger partial charge in [-0.25, -0.2) is 4.98 Å². The summed E-state index contributed by atoms with van der Waals surface area (Å²) in [5, 5.41) is 0.995. The first-order chi connectivity index (χ1) is 14.1. The zero-order chi connectivity index (χ0) is 20.4. The largest absolute Gasteiger partial charge is 0.497 e. The van der Waals surface area contributed by atoms with Gasteiger partial charge in [0.05, 0.1) is 24.6 Å². The predicted molar refractivity (Wildman–Crippen MR) is 116 cm³/mol. The monoisotopic (exact) mass is 405 g/mol. The van der Waals surface area contributed by atoms with Crippen molar-refractivity contribution in [1.82, 2.24) is 9.55 Å². The lowest BCUT2D eigenvalue weighted by molar-refractivity contribution is 0.415. The van der Waals surface area contributed by atoms with Crippen molar-refractivity contribution in [2.75, 3.05) is 7.11 Å². The summed E-state index contributed by atoms with van der Waals surface area (Å²) in [5.41, 5.74) is 9.07. The molecule has 1 aromatic heterocycles. The van der Waals surface area contributed by atoms with Crippen LogP contribution in [0.25, 0.3) is 22.3 Å². The molecule has 0 atom stereocenters. The number of halogens is 1. The SMILES string of the molecule is COc1ccc(-c2nc3ccc(Cl)cc3c(=O)n2Cc2cccc(CN)c2)cc1. The van der Waals surface area contributed by atoms with Crippen molar-refractivity contribution in [2.45, 2.75) is 13.1 Å². The molecule has 29 heavy (non-hydrogen) atoms. The number of methoxy groups -OCH3 is 1. The highest BCUT2D eigenvalue weighted by Gasteiger charge is 2.14. The molecule has 6 heteroatoms. The number of rotatable bonds is 5. The van der Waals surface area contributed by atoms with Gasteiger partial charge in [-0.1, -0.05) is 35.9 Å². The first kappa shape index (κ1) is 19.2. The minimum atomic E-state index is -0.138. The molecule has 0 saturated heterocycles. The Balaban J connectivity index is 1.93. The minimum absolute atomic E-state index is 0.138. The Morgan fingerprint density at radius 2 is 1.79 bits per heavy atom. The van der Waals surface area contributed by atoms with Crippen molar-refractivity contribution in [3.8, 4) is 17.1 Å². The van der Waals surface area contributed by atoms with Crippen LogP contribution in [0.5, 0.6) is 5.75 Å². The summed E-state index contributed by atoms with van der Waals surface area (Å²) in [4.78, 5) is 18.2. The average Bonchev–Trinajstić information content (AvgIpc) is 2.76. The van der Waals surface area contributed by atoms with Crippen LogP contribution in [0.2, 0.25) is 5.02 Å². The summed E-state index contributed by atoms with van der Waals surface area (Å²) >= 11 is 6.13. The van der Waals surface area contributed by atoms with Crippen molar-refractivity contribution >= 4 is 22.5 Å². The Hall–Kier alpha value is -3.15. The number of nitrogens with zero attached hydrogens (tertiary/aromatic N) is 2. The fourth-order valence-corrected chi connectivity index (χ4v) is 3.51.